The number of benzene rings is 2. The SMILES string of the molecule is Cc1cccc(NC(=O)Nc2ccc(O)cc2)c1OCCN1CCCC1. The van der Waals surface area contributed by atoms with Crippen molar-refractivity contribution in [3.63, 3.8) is 0 Å². The molecule has 6 nitrogen and oxygen atoms in total. The predicted molar refractivity (Wildman–Crippen MR) is 103 cm³/mol. The van der Waals surface area contributed by atoms with Crippen LogP contribution in [-0.4, -0.2) is 42.3 Å². The van der Waals surface area contributed by atoms with E-state index in [-0.39, 0.29) is 11.8 Å². The molecule has 1 aliphatic heterocycles. The van der Waals surface area contributed by atoms with Crippen LogP contribution in [0.25, 0.3) is 0 Å². The number of phenolic OH excluding ortho intramolecular Hbond substituents is 1. The lowest BCUT2D eigenvalue weighted by Crippen LogP contribution is -2.25. The van der Waals surface area contributed by atoms with Gasteiger partial charge in [-0.25, -0.2) is 4.79 Å². The molecule has 26 heavy (non-hydrogen) atoms. The Morgan fingerprint density at radius 2 is 1.85 bits per heavy atom. The van der Waals surface area contributed by atoms with Gasteiger partial charge in [0, 0.05) is 12.2 Å². The third-order valence-electron chi connectivity index (χ3n) is 4.44. The van der Waals surface area contributed by atoms with E-state index in [0.29, 0.717) is 23.7 Å². The monoisotopic (exact) mass is 355 g/mol. The first-order chi connectivity index (χ1) is 12.6. The van der Waals surface area contributed by atoms with Crippen molar-refractivity contribution < 1.29 is 14.6 Å². The summed E-state index contributed by atoms with van der Waals surface area (Å²) in [4.78, 5) is 14.7. The Hall–Kier alpha value is -2.73. The highest BCUT2D eigenvalue weighted by molar-refractivity contribution is 6.00. The van der Waals surface area contributed by atoms with Gasteiger partial charge in [-0.1, -0.05) is 12.1 Å². The fourth-order valence-electron chi connectivity index (χ4n) is 3.05. The summed E-state index contributed by atoms with van der Waals surface area (Å²) in [7, 11) is 0. The molecule has 0 saturated carbocycles. The van der Waals surface area contributed by atoms with Crippen LogP contribution < -0.4 is 15.4 Å². The van der Waals surface area contributed by atoms with Gasteiger partial charge < -0.3 is 20.5 Å². The van der Waals surface area contributed by atoms with Gasteiger partial charge in [0.1, 0.15) is 18.1 Å². The van der Waals surface area contributed by atoms with Gasteiger partial charge >= 0.3 is 6.03 Å². The largest absolute Gasteiger partial charge is 0.508 e. The van der Waals surface area contributed by atoms with Crippen molar-refractivity contribution in [1.82, 2.24) is 4.90 Å². The summed E-state index contributed by atoms with van der Waals surface area (Å²) >= 11 is 0. The summed E-state index contributed by atoms with van der Waals surface area (Å²) in [6.45, 7) is 5.73. The van der Waals surface area contributed by atoms with E-state index >= 15 is 0 Å². The van der Waals surface area contributed by atoms with Crippen LogP contribution >= 0.6 is 0 Å². The van der Waals surface area contributed by atoms with Crippen molar-refractivity contribution in [2.75, 3.05) is 36.9 Å². The standard InChI is InChI=1S/C20H25N3O3/c1-15-5-4-6-18(19(15)26-14-13-23-11-2-3-12-23)22-20(25)21-16-7-9-17(24)10-8-16/h4-10,24H,2-3,11-14H2,1H3,(H2,21,22,25). The number of nitrogens with one attached hydrogen (secondary N) is 2. The molecule has 2 aromatic carbocycles. The van der Waals surface area contributed by atoms with Gasteiger partial charge in [0.05, 0.1) is 5.69 Å². The number of para-hydroxylation sites is 1. The number of aryl methyl sites for hydroxylation is 1. The Morgan fingerprint density at radius 3 is 2.58 bits per heavy atom. The molecule has 3 N–H and O–H groups in total. The first-order valence-corrected chi connectivity index (χ1v) is 8.93. The van der Waals surface area contributed by atoms with Crippen LogP contribution in [0.2, 0.25) is 0 Å². The maximum Gasteiger partial charge on any atom is 0.323 e. The molecule has 3 rings (SSSR count). The van der Waals surface area contributed by atoms with E-state index in [4.69, 9.17) is 4.74 Å². The van der Waals surface area contributed by atoms with Gasteiger partial charge in [-0.15, -0.1) is 0 Å². The molecule has 0 radical (unpaired) electrons. The van der Waals surface area contributed by atoms with E-state index in [2.05, 4.69) is 15.5 Å². The van der Waals surface area contributed by atoms with Crippen LogP contribution in [0, 0.1) is 6.92 Å². The highest BCUT2D eigenvalue weighted by atomic mass is 16.5. The maximum atomic E-state index is 12.3. The second-order valence-electron chi connectivity index (χ2n) is 6.47. The number of ether oxygens (including phenoxy) is 1. The molecule has 0 aromatic heterocycles. The molecular weight excluding hydrogens is 330 g/mol. The highest BCUT2D eigenvalue weighted by Crippen LogP contribution is 2.28. The molecule has 0 unspecified atom stereocenters. The Morgan fingerprint density at radius 1 is 1.12 bits per heavy atom. The molecule has 2 aromatic rings. The highest BCUT2D eigenvalue weighted by Gasteiger charge is 2.13. The molecular formula is C20H25N3O3. The van der Waals surface area contributed by atoms with Gasteiger partial charge in [-0.05, 0) is 68.8 Å². The fraction of sp³-hybridized carbons (Fsp3) is 0.350. The quantitative estimate of drug-likeness (QED) is 0.689. The van der Waals surface area contributed by atoms with Crippen LogP contribution in [0.4, 0.5) is 16.2 Å². The third-order valence-corrected chi connectivity index (χ3v) is 4.44. The lowest BCUT2D eigenvalue weighted by Gasteiger charge is -2.18. The molecule has 0 atom stereocenters. The van der Waals surface area contributed by atoms with Crippen molar-refractivity contribution in [1.29, 1.82) is 0 Å². The first kappa shape index (κ1) is 18.1. The summed E-state index contributed by atoms with van der Waals surface area (Å²) in [6.07, 6.45) is 2.52. The summed E-state index contributed by atoms with van der Waals surface area (Å²) < 4.78 is 5.98. The lowest BCUT2D eigenvalue weighted by molar-refractivity contribution is 0.237. The zero-order valence-electron chi connectivity index (χ0n) is 15.0. The summed E-state index contributed by atoms with van der Waals surface area (Å²) in [5, 5.41) is 14.9. The number of likely N-dealkylation sites (tertiary alicyclic amines) is 1. The van der Waals surface area contributed by atoms with Crippen molar-refractivity contribution in [2.45, 2.75) is 19.8 Å². The number of hydrogen-bond donors (Lipinski definition) is 3. The molecule has 0 spiro atoms. The van der Waals surface area contributed by atoms with Crippen LogP contribution in [0.3, 0.4) is 0 Å². The molecule has 2 amide bonds. The number of anilines is 2. The summed E-state index contributed by atoms with van der Waals surface area (Å²) in [5.74, 6) is 0.857. The normalized spacial score (nSPS) is 14.2. The zero-order valence-corrected chi connectivity index (χ0v) is 15.0. The number of aromatic hydroxyl groups is 1. The molecule has 1 fully saturated rings. The van der Waals surface area contributed by atoms with Crippen LogP contribution in [0.1, 0.15) is 18.4 Å². The van der Waals surface area contributed by atoms with Gasteiger partial charge in [0.15, 0.2) is 0 Å². The van der Waals surface area contributed by atoms with E-state index in [1.807, 2.05) is 25.1 Å². The Labute approximate surface area is 153 Å². The Kier molecular flexibility index (Phi) is 5.96. The Balaban J connectivity index is 1.60. The van der Waals surface area contributed by atoms with E-state index < -0.39 is 0 Å². The maximum absolute atomic E-state index is 12.3. The zero-order chi connectivity index (χ0) is 18.4. The van der Waals surface area contributed by atoms with E-state index in [1.165, 1.54) is 25.0 Å². The molecule has 1 heterocycles. The topological polar surface area (TPSA) is 73.8 Å². The van der Waals surface area contributed by atoms with E-state index in [9.17, 15) is 9.90 Å². The first-order valence-electron chi connectivity index (χ1n) is 8.93. The second kappa shape index (κ2) is 8.58. The number of amides is 2. The minimum atomic E-state index is -0.356. The number of hydrogen-bond acceptors (Lipinski definition) is 4. The minimum Gasteiger partial charge on any atom is -0.508 e. The molecule has 0 bridgehead atoms. The molecule has 1 aliphatic rings. The predicted octanol–water partition coefficient (Wildman–Crippen LogP) is 3.82. The molecule has 1 saturated heterocycles. The fourth-order valence-corrected chi connectivity index (χ4v) is 3.05. The number of carbonyl (C=O) groups excluding carboxylic acids is 1. The second-order valence-corrected chi connectivity index (χ2v) is 6.47. The lowest BCUT2D eigenvalue weighted by atomic mass is 10.2. The average molecular weight is 355 g/mol. The van der Waals surface area contributed by atoms with Gasteiger partial charge in [-0.2, -0.15) is 0 Å². The van der Waals surface area contributed by atoms with Gasteiger partial charge in [0.2, 0.25) is 0 Å². The van der Waals surface area contributed by atoms with Crippen LogP contribution in [-0.2, 0) is 0 Å². The number of carbonyl (C=O) groups is 1. The van der Waals surface area contributed by atoms with Crippen molar-refractivity contribution in [3.8, 4) is 11.5 Å². The molecule has 6 heteroatoms. The number of rotatable bonds is 6. The minimum absolute atomic E-state index is 0.156. The van der Waals surface area contributed by atoms with Crippen molar-refractivity contribution in [3.05, 3.63) is 48.0 Å². The third kappa shape index (κ3) is 4.89. The molecule has 138 valence electrons. The van der Waals surface area contributed by atoms with E-state index in [1.54, 1.807) is 12.1 Å². The van der Waals surface area contributed by atoms with Crippen molar-refractivity contribution in [2.24, 2.45) is 0 Å². The van der Waals surface area contributed by atoms with E-state index in [0.717, 1.165) is 25.2 Å². The van der Waals surface area contributed by atoms with Crippen LogP contribution in [0.15, 0.2) is 42.5 Å². The smallest absolute Gasteiger partial charge is 0.323 e. The van der Waals surface area contributed by atoms with Gasteiger partial charge in [0.25, 0.3) is 0 Å². The Bertz CT molecular complexity index is 740. The summed E-state index contributed by atoms with van der Waals surface area (Å²) in [6, 6.07) is 11.6. The average Bonchev–Trinajstić information content (AvgIpc) is 3.13. The number of urea groups is 1. The van der Waals surface area contributed by atoms with Crippen molar-refractivity contribution >= 4 is 17.4 Å². The molecule has 0 aliphatic carbocycles. The van der Waals surface area contributed by atoms with Crippen LogP contribution in [0.5, 0.6) is 11.5 Å². The van der Waals surface area contributed by atoms with Gasteiger partial charge in [-0.3, -0.25) is 4.90 Å². The number of nitrogens with zero attached hydrogens (tertiary/aromatic N) is 1. The summed E-state index contributed by atoms with van der Waals surface area (Å²) in [5.41, 5.74) is 2.22. The number of phenols is 1.